The third-order valence-electron chi connectivity index (χ3n) is 2.50. The van der Waals surface area contributed by atoms with Gasteiger partial charge in [0, 0.05) is 6.08 Å². The van der Waals surface area contributed by atoms with Gasteiger partial charge in [-0.2, -0.15) is 0 Å². The van der Waals surface area contributed by atoms with E-state index in [4.69, 9.17) is 14.6 Å². The number of carboxylic acids is 1. The summed E-state index contributed by atoms with van der Waals surface area (Å²) in [5.41, 5.74) is 0.759. The minimum Gasteiger partial charge on any atom is -0.490 e. The van der Waals surface area contributed by atoms with Crippen LogP contribution in [0.25, 0.3) is 6.08 Å². The first-order chi connectivity index (χ1) is 9.67. The van der Waals surface area contributed by atoms with Gasteiger partial charge in [0.05, 0.1) is 13.2 Å². The smallest absolute Gasteiger partial charge is 0.328 e. The number of hydrogen-bond donors (Lipinski definition) is 1. The van der Waals surface area contributed by atoms with Gasteiger partial charge in [-0.1, -0.05) is 12.1 Å². The van der Waals surface area contributed by atoms with E-state index in [0.29, 0.717) is 24.7 Å². The molecule has 108 valence electrons. The first-order valence-corrected chi connectivity index (χ1v) is 6.59. The lowest BCUT2D eigenvalue weighted by atomic mass is 10.2. The zero-order valence-electron chi connectivity index (χ0n) is 11.7. The molecule has 0 unspecified atom stereocenters. The lowest BCUT2D eigenvalue weighted by Gasteiger charge is -2.12. The van der Waals surface area contributed by atoms with Crippen molar-refractivity contribution < 1.29 is 19.4 Å². The van der Waals surface area contributed by atoms with E-state index in [1.54, 1.807) is 18.2 Å². The Bertz CT molecular complexity index is 477. The van der Waals surface area contributed by atoms with Crippen molar-refractivity contribution in [2.24, 2.45) is 0 Å². The molecule has 0 fully saturated rings. The summed E-state index contributed by atoms with van der Waals surface area (Å²) in [6.07, 6.45) is 6.27. The van der Waals surface area contributed by atoms with Crippen LogP contribution >= 0.6 is 0 Å². The molecule has 0 amide bonds. The van der Waals surface area contributed by atoms with E-state index >= 15 is 0 Å². The predicted molar refractivity (Wildman–Crippen MR) is 79.2 cm³/mol. The Balaban J connectivity index is 2.78. The van der Waals surface area contributed by atoms with E-state index < -0.39 is 5.97 Å². The Morgan fingerprint density at radius 3 is 2.80 bits per heavy atom. The van der Waals surface area contributed by atoms with Crippen LogP contribution in [0, 0.1) is 0 Å². The van der Waals surface area contributed by atoms with Gasteiger partial charge >= 0.3 is 5.97 Å². The molecule has 0 aliphatic rings. The van der Waals surface area contributed by atoms with Gasteiger partial charge < -0.3 is 14.6 Å². The number of carbonyl (C=O) groups is 1. The first-order valence-electron chi connectivity index (χ1n) is 6.59. The van der Waals surface area contributed by atoms with Gasteiger partial charge in [-0.15, -0.1) is 6.58 Å². The summed E-state index contributed by atoms with van der Waals surface area (Å²) in [5.74, 6) is 0.315. The molecular formula is C16H20O4. The van der Waals surface area contributed by atoms with Crippen LogP contribution in [0.15, 0.2) is 36.9 Å². The number of benzene rings is 1. The first kappa shape index (κ1) is 15.8. The van der Waals surface area contributed by atoms with Crippen LogP contribution in [0.4, 0.5) is 0 Å². The molecule has 0 saturated carbocycles. The van der Waals surface area contributed by atoms with Crippen molar-refractivity contribution in [2.45, 2.75) is 19.8 Å². The number of allylic oxidation sites excluding steroid dienone is 1. The average molecular weight is 276 g/mol. The number of rotatable bonds is 9. The zero-order chi connectivity index (χ0) is 14.8. The van der Waals surface area contributed by atoms with Gasteiger partial charge in [-0.3, -0.25) is 0 Å². The van der Waals surface area contributed by atoms with E-state index in [0.717, 1.165) is 24.5 Å². The van der Waals surface area contributed by atoms with Crippen molar-refractivity contribution in [3.8, 4) is 11.5 Å². The van der Waals surface area contributed by atoms with Gasteiger partial charge in [0.1, 0.15) is 0 Å². The molecule has 4 heteroatoms. The van der Waals surface area contributed by atoms with Gasteiger partial charge in [-0.25, -0.2) is 4.79 Å². The second kappa shape index (κ2) is 8.80. The minimum absolute atomic E-state index is 0.523. The normalized spacial score (nSPS) is 10.4. The number of carboxylic acid groups (broad SMARTS) is 1. The van der Waals surface area contributed by atoms with Crippen LogP contribution in [0.3, 0.4) is 0 Å². The van der Waals surface area contributed by atoms with E-state index in [1.807, 2.05) is 13.0 Å². The van der Waals surface area contributed by atoms with Crippen LogP contribution < -0.4 is 9.47 Å². The van der Waals surface area contributed by atoms with E-state index in [-0.39, 0.29) is 0 Å². The van der Waals surface area contributed by atoms with Crippen molar-refractivity contribution in [1.29, 1.82) is 0 Å². The Morgan fingerprint density at radius 1 is 1.35 bits per heavy atom. The molecule has 4 nitrogen and oxygen atoms in total. The van der Waals surface area contributed by atoms with E-state index in [9.17, 15) is 4.79 Å². The summed E-state index contributed by atoms with van der Waals surface area (Å²) in [4.78, 5) is 10.5. The largest absolute Gasteiger partial charge is 0.490 e. The minimum atomic E-state index is -0.979. The lowest BCUT2D eigenvalue weighted by molar-refractivity contribution is -0.131. The Labute approximate surface area is 119 Å². The Hall–Kier alpha value is -2.23. The SMILES string of the molecule is C=CCCCOc1ccc(C=CC(=O)O)cc1OCC. The molecule has 1 aromatic rings. The maximum atomic E-state index is 10.5. The zero-order valence-corrected chi connectivity index (χ0v) is 11.7. The number of ether oxygens (including phenoxy) is 2. The highest BCUT2D eigenvalue weighted by atomic mass is 16.5. The molecule has 0 atom stereocenters. The predicted octanol–water partition coefficient (Wildman–Crippen LogP) is 3.53. The molecule has 0 radical (unpaired) electrons. The summed E-state index contributed by atoms with van der Waals surface area (Å²) in [6.45, 7) is 6.67. The molecule has 1 N–H and O–H groups in total. The monoisotopic (exact) mass is 276 g/mol. The molecular weight excluding hydrogens is 256 g/mol. The highest BCUT2D eigenvalue weighted by molar-refractivity contribution is 5.85. The standard InChI is InChI=1S/C16H20O4/c1-3-5-6-11-20-14-9-7-13(8-10-16(17)18)12-15(14)19-4-2/h3,7-10,12H,1,4-6,11H2,2H3,(H,17,18). The summed E-state index contributed by atoms with van der Waals surface area (Å²) < 4.78 is 11.2. The topological polar surface area (TPSA) is 55.8 Å². The fourth-order valence-corrected chi connectivity index (χ4v) is 1.59. The quantitative estimate of drug-likeness (QED) is 0.426. The summed E-state index contributed by atoms with van der Waals surface area (Å²) in [7, 11) is 0. The molecule has 0 spiro atoms. The Kier molecular flexibility index (Phi) is 6.96. The summed E-state index contributed by atoms with van der Waals surface area (Å²) in [5, 5.41) is 8.62. The van der Waals surface area contributed by atoms with Crippen LogP contribution in [0.1, 0.15) is 25.3 Å². The second-order valence-electron chi connectivity index (χ2n) is 4.09. The third-order valence-corrected chi connectivity index (χ3v) is 2.50. The van der Waals surface area contributed by atoms with E-state index in [1.165, 1.54) is 6.08 Å². The number of unbranched alkanes of at least 4 members (excludes halogenated alkanes) is 1. The van der Waals surface area contributed by atoms with Gasteiger partial charge in [0.25, 0.3) is 0 Å². The fourth-order valence-electron chi connectivity index (χ4n) is 1.59. The molecule has 1 aromatic carbocycles. The molecule has 0 saturated heterocycles. The number of hydrogen-bond acceptors (Lipinski definition) is 3. The van der Waals surface area contributed by atoms with Crippen molar-refractivity contribution in [2.75, 3.05) is 13.2 Å². The molecule has 0 heterocycles. The maximum Gasteiger partial charge on any atom is 0.328 e. The van der Waals surface area contributed by atoms with Crippen molar-refractivity contribution in [3.63, 3.8) is 0 Å². The van der Waals surface area contributed by atoms with Crippen molar-refractivity contribution >= 4 is 12.0 Å². The molecule has 0 aromatic heterocycles. The van der Waals surface area contributed by atoms with Crippen LogP contribution in [-0.2, 0) is 4.79 Å². The lowest BCUT2D eigenvalue weighted by Crippen LogP contribution is -2.01. The summed E-state index contributed by atoms with van der Waals surface area (Å²) in [6, 6.07) is 5.36. The molecule has 0 bridgehead atoms. The number of aliphatic carboxylic acids is 1. The molecule has 0 aliphatic heterocycles. The molecule has 0 aliphatic carbocycles. The average Bonchev–Trinajstić information content (AvgIpc) is 2.43. The van der Waals surface area contributed by atoms with Gasteiger partial charge in [0.15, 0.2) is 11.5 Å². The van der Waals surface area contributed by atoms with Crippen LogP contribution in [-0.4, -0.2) is 24.3 Å². The third kappa shape index (κ3) is 5.61. The van der Waals surface area contributed by atoms with Crippen LogP contribution in [0.5, 0.6) is 11.5 Å². The van der Waals surface area contributed by atoms with Gasteiger partial charge in [0.2, 0.25) is 0 Å². The maximum absolute atomic E-state index is 10.5. The highest BCUT2D eigenvalue weighted by Crippen LogP contribution is 2.29. The Morgan fingerprint density at radius 2 is 2.15 bits per heavy atom. The highest BCUT2D eigenvalue weighted by Gasteiger charge is 2.05. The van der Waals surface area contributed by atoms with Crippen molar-refractivity contribution in [1.82, 2.24) is 0 Å². The fraction of sp³-hybridized carbons (Fsp3) is 0.312. The van der Waals surface area contributed by atoms with Gasteiger partial charge in [-0.05, 0) is 43.5 Å². The van der Waals surface area contributed by atoms with Crippen molar-refractivity contribution in [3.05, 3.63) is 42.5 Å². The van der Waals surface area contributed by atoms with Crippen LogP contribution in [0.2, 0.25) is 0 Å². The second-order valence-corrected chi connectivity index (χ2v) is 4.09. The molecule has 1 rings (SSSR count). The van der Waals surface area contributed by atoms with E-state index in [2.05, 4.69) is 6.58 Å². The summed E-state index contributed by atoms with van der Waals surface area (Å²) >= 11 is 0. The molecule has 20 heavy (non-hydrogen) atoms.